The van der Waals surface area contributed by atoms with Gasteiger partial charge in [0.25, 0.3) is 0 Å². The number of likely N-dealkylation sites (tertiary alicyclic amines) is 1. The van der Waals surface area contributed by atoms with Crippen LogP contribution in [0.2, 0.25) is 0 Å². The number of rotatable bonds is 4. The predicted octanol–water partition coefficient (Wildman–Crippen LogP) is 3.75. The molecule has 2 amide bonds. The van der Waals surface area contributed by atoms with Gasteiger partial charge in [-0.1, -0.05) is 36.4 Å². The van der Waals surface area contributed by atoms with Crippen molar-refractivity contribution in [2.75, 3.05) is 18.0 Å². The number of anilines is 2. The van der Waals surface area contributed by atoms with Gasteiger partial charge in [0.05, 0.1) is 0 Å². The molecule has 24 heavy (non-hydrogen) atoms. The van der Waals surface area contributed by atoms with E-state index in [1.165, 1.54) is 0 Å². The average molecular weight is 322 g/mol. The maximum Gasteiger partial charge on any atom is 0.240 e. The van der Waals surface area contributed by atoms with E-state index in [9.17, 15) is 9.59 Å². The van der Waals surface area contributed by atoms with Crippen LogP contribution in [0.4, 0.5) is 11.4 Å². The molecule has 0 bridgehead atoms. The van der Waals surface area contributed by atoms with Crippen LogP contribution in [0.1, 0.15) is 25.7 Å². The Hall–Kier alpha value is -2.62. The average Bonchev–Trinajstić information content (AvgIpc) is 2.64. The van der Waals surface area contributed by atoms with E-state index in [4.69, 9.17) is 0 Å². The van der Waals surface area contributed by atoms with Gasteiger partial charge in [-0.15, -0.1) is 0 Å². The monoisotopic (exact) mass is 322 g/mol. The van der Waals surface area contributed by atoms with Crippen molar-refractivity contribution >= 4 is 23.2 Å². The van der Waals surface area contributed by atoms with Crippen molar-refractivity contribution in [1.82, 2.24) is 4.90 Å². The third-order valence-electron chi connectivity index (χ3n) is 4.29. The van der Waals surface area contributed by atoms with Gasteiger partial charge in [0, 0.05) is 24.5 Å². The number of carbonyl (C=O) groups excluding carboxylic acids is 2. The number of hydrogen-bond donors (Lipinski definition) is 0. The van der Waals surface area contributed by atoms with Gasteiger partial charge >= 0.3 is 0 Å². The van der Waals surface area contributed by atoms with Crippen LogP contribution in [0, 0.1) is 0 Å². The van der Waals surface area contributed by atoms with E-state index in [0.717, 1.165) is 43.7 Å². The van der Waals surface area contributed by atoms with Crippen LogP contribution < -0.4 is 4.90 Å². The van der Waals surface area contributed by atoms with Crippen LogP contribution in [0.25, 0.3) is 0 Å². The molecule has 3 rings (SSSR count). The maximum absolute atomic E-state index is 12.9. The molecule has 4 nitrogen and oxygen atoms in total. The summed E-state index contributed by atoms with van der Waals surface area (Å²) in [6.45, 7) is 1.53. The Labute approximate surface area is 142 Å². The normalized spacial score (nSPS) is 14.2. The Kier molecular flexibility index (Phi) is 5.26. The summed E-state index contributed by atoms with van der Waals surface area (Å²) in [5.41, 5.74) is 1.56. The van der Waals surface area contributed by atoms with Crippen LogP contribution in [0.15, 0.2) is 60.7 Å². The minimum Gasteiger partial charge on any atom is -0.342 e. The number of carbonyl (C=O) groups is 2. The van der Waals surface area contributed by atoms with E-state index < -0.39 is 0 Å². The summed E-state index contributed by atoms with van der Waals surface area (Å²) in [6, 6.07) is 18.9. The standard InChI is InChI=1S/C20H22N2O2/c23-19(21-14-8-3-9-15-21)16-20(24)22(17-10-4-1-5-11-17)18-12-6-2-7-13-18/h1-2,4-7,10-13H,3,8-9,14-16H2. The van der Waals surface area contributed by atoms with Gasteiger partial charge < -0.3 is 4.90 Å². The lowest BCUT2D eigenvalue weighted by molar-refractivity contribution is -0.135. The number of amides is 2. The molecule has 0 N–H and O–H groups in total. The van der Waals surface area contributed by atoms with Gasteiger partial charge in [-0.2, -0.15) is 0 Å². The molecule has 124 valence electrons. The van der Waals surface area contributed by atoms with Crippen LogP contribution in [-0.2, 0) is 9.59 Å². The molecule has 0 aromatic heterocycles. The maximum atomic E-state index is 12.9. The van der Waals surface area contributed by atoms with Gasteiger partial charge in [0.15, 0.2) is 0 Å². The lowest BCUT2D eigenvalue weighted by atomic mass is 10.1. The summed E-state index contributed by atoms with van der Waals surface area (Å²) in [6.07, 6.45) is 3.13. The van der Waals surface area contributed by atoms with Crippen molar-refractivity contribution in [3.05, 3.63) is 60.7 Å². The highest BCUT2D eigenvalue weighted by atomic mass is 16.2. The van der Waals surface area contributed by atoms with E-state index >= 15 is 0 Å². The molecule has 2 aromatic rings. The zero-order valence-corrected chi connectivity index (χ0v) is 13.7. The molecule has 1 aliphatic rings. The molecule has 1 aliphatic heterocycles. The summed E-state index contributed by atoms with van der Waals surface area (Å²) in [5, 5.41) is 0. The summed E-state index contributed by atoms with van der Waals surface area (Å²) in [4.78, 5) is 28.8. The van der Waals surface area contributed by atoms with Crippen LogP contribution >= 0.6 is 0 Å². The first kappa shape index (κ1) is 16.2. The Bertz CT molecular complexity index is 640. The fourth-order valence-electron chi connectivity index (χ4n) is 3.05. The summed E-state index contributed by atoms with van der Waals surface area (Å²) in [7, 11) is 0. The van der Waals surface area contributed by atoms with Crippen molar-refractivity contribution < 1.29 is 9.59 Å². The molecule has 1 fully saturated rings. The second-order valence-corrected chi connectivity index (χ2v) is 6.02. The molecule has 0 atom stereocenters. The molecule has 0 aliphatic carbocycles. The molecular formula is C20H22N2O2. The highest BCUT2D eigenvalue weighted by molar-refractivity contribution is 6.09. The minimum atomic E-state index is -0.192. The zero-order valence-electron chi connectivity index (χ0n) is 13.7. The van der Waals surface area contributed by atoms with E-state index in [1.54, 1.807) is 4.90 Å². The van der Waals surface area contributed by atoms with Crippen molar-refractivity contribution in [1.29, 1.82) is 0 Å². The summed E-state index contributed by atoms with van der Waals surface area (Å²) in [5.74, 6) is -0.264. The van der Waals surface area contributed by atoms with Crippen molar-refractivity contribution in [3.63, 3.8) is 0 Å². The smallest absolute Gasteiger partial charge is 0.240 e. The van der Waals surface area contributed by atoms with Gasteiger partial charge in [0.1, 0.15) is 6.42 Å². The minimum absolute atomic E-state index is 0.0726. The quantitative estimate of drug-likeness (QED) is 0.804. The number of hydrogen-bond acceptors (Lipinski definition) is 2. The Morgan fingerprint density at radius 1 is 0.792 bits per heavy atom. The van der Waals surface area contributed by atoms with E-state index in [-0.39, 0.29) is 18.2 Å². The molecular weight excluding hydrogens is 300 g/mol. The third kappa shape index (κ3) is 3.82. The molecule has 0 saturated carbocycles. The van der Waals surface area contributed by atoms with Crippen molar-refractivity contribution in [2.24, 2.45) is 0 Å². The first-order valence-electron chi connectivity index (χ1n) is 8.46. The summed E-state index contributed by atoms with van der Waals surface area (Å²) < 4.78 is 0. The number of para-hydroxylation sites is 2. The van der Waals surface area contributed by atoms with E-state index in [1.807, 2.05) is 65.6 Å². The van der Waals surface area contributed by atoms with Crippen LogP contribution in [-0.4, -0.2) is 29.8 Å². The Morgan fingerprint density at radius 2 is 1.29 bits per heavy atom. The molecule has 2 aromatic carbocycles. The second kappa shape index (κ2) is 7.77. The van der Waals surface area contributed by atoms with Gasteiger partial charge in [0.2, 0.25) is 11.8 Å². The van der Waals surface area contributed by atoms with Gasteiger partial charge in [-0.25, -0.2) is 0 Å². The first-order chi connectivity index (χ1) is 11.8. The first-order valence-corrected chi connectivity index (χ1v) is 8.46. The number of nitrogens with zero attached hydrogens (tertiary/aromatic N) is 2. The molecule has 1 saturated heterocycles. The largest absolute Gasteiger partial charge is 0.342 e. The van der Waals surface area contributed by atoms with Crippen LogP contribution in [0.3, 0.4) is 0 Å². The molecule has 1 heterocycles. The lowest BCUT2D eigenvalue weighted by Gasteiger charge is -2.28. The van der Waals surface area contributed by atoms with Crippen molar-refractivity contribution in [3.8, 4) is 0 Å². The molecule has 4 heteroatoms. The SMILES string of the molecule is O=C(CC(=O)N(c1ccccc1)c1ccccc1)N1CCCCC1. The van der Waals surface area contributed by atoms with E-state index in [0.29, 0.717) is 0 Å². The Balaban J connectivity index is 1.80. The lowest BCUT2D eigenvalue weighted by Crippen LogP contribution is -2.39. The Morgan fingerprint density at radius 3 is 1.79 bits per heavy atom. The molecule has 0 unspecified atom stereocenters. The third-order valence-corrected chi connectivity index (χ3v) is 4.29. The van der Waals surface area contributed by atoms with Gasteiger partial charge in [-0.3, -0.25) is 14.5 Å². The second-order valence-electron chi connectivity index (χ2n) is 6.02. The number of piperidine rings is 1. The predicted molar refractivity (Wildman–Crippen MR) is 95.1 cm³/mol. The fourth-order valence-corrected chi connectivity index (χ4v) is 3.05. The summed E-state index contributed by atoms with van der Waals surface area (Å²) >= 11 is 0. The molecule has 0 spiro atoms. The van der Waals surface area contributed by atoms with Crippen LogP contribution in [0.5, 0.6) is 0 Å². The van der Waals surface area contributed by atoms with E-state index in [2.05, 4.69) is 0 Å². The van der Waals surface area contributed by atoms with Crippen molar-refractivity contribution in [2.45, 2.75) is 25.7 Å². The molecule has 0 radical (unpaired) electrons. The number of benzene rings is 2. The highest BCUT2D eigenvalue weighted by Crippen LogP contribution is 2.26. The van der Waals surface area contributed by atoms with Gasteiger partial charge in [-0.05, 0) is 43.5 Å². The zero-order chi connectivity index (χ0) is 16.8. The topological polar surface area (TPSA) is 40.6 Å². The highest BCUT2D eigenvalue weighted by Gasteiger charge is 2.24. The fraction of sp³-hybridized carbons (Fsp3) is 0.300.